The molecule has 0 radical (unpaired) electrons. The minimum Gasteiger partial charge on any atom is -0.468 e. The molecule has 0 amide bonds. The third-order valence-electron chi connectivity index (χ3n) is 3.40. The van der Waals surface area contributed by atoms with E-state index in [1.165, 1.54) is 11.1 Å². The van der Waals surface area contributed by atoms with Gasteiger partial charge in [0.05, 0.1) is 12.8 Å². The fourth-order valence-electron chi connectivity index (χ4n) is 2.17. The molecule has 2 heterocycles. The Kier molecular flexibility index (Phi) is 5.96. The van der Waals surface area contributed by atoms with Crippen LogP contribution in [0, 0.1) is 0 Å². The molecule has 21 heavy (non-hydrogen) atoms. The zero-order valence-corrected chi connectivity index (χ0v) is 13.2. The molecule has 2 aromatic rings. The first-order valence-corrected chi connectivity index (χ1v) is 7.58. The molecule has 4 heteroatoms. The molecule has 0 spiro atoms. The van der Waals surface area contributed by atoms with E-state index in [2.05, 4.69) is 54.2 Å². The number of aromatic nitrogens is 1. The second-order valence-corrected chi connectivity index (χ2v) is 5.62. The molecular formula is C17H25N3O. The van der Waals surface area contributed by atoms with Gasteiger partial charge in [0.2, 0.25) is 0 Å². The number of hydrogen-bond acceptors (Lipinski definition) is 4. The van der Waals surface area contributed by atoms with Gasteiger partial charge in [-0.3, -0.25) is 9.88 Å². The van der Waals surface area contributed by atoms with Crippen molar-refractivity contribution in [3.8, 4) is 0 Å². The van der Waals surface area contributed by atoms with Gasteiger partial charge in [-0.1, -0.05) is 20.8 Å². The summed E-state index contributed by atoms with van der Waals surface area (Å²) in [7, 11) is 0. The predicted molar refractivity (Wildman–Crippen MR) is 84.7 cm³/mol. The van der Waals surface area contributed by atoms with Crippen LogP contribution in [0.3, 0.4) is 0 Å². The van der Waals surface area contributed by atoms with E-state index < -0.39 is 0 Å². The average molecular weight is 287 g/mol. The van der Waals surface area contributed by atoms with Crippen molar-refractivity contribution < 1.29 is 4.42 Å². The van der Waals surface area contributed by atoms with E-state index in [0.29, 0.717) is 6.04 Å². The van der Waals surface area contributed by atoms with Gasteiger partial charge >= 0.3 is 0 Å². The van der Waals surface area contributed by atoms with Crippen molar-refractivity contribution in [3.05, 3.63) is 53.7 Å². The van der Waals surface area contributed by atoms with E-state index in [0.717, 1.165) is 31.9 Å². The molecule has 0 bridgehead atoms. The minimum atomic E-state index is 0.488. The first kappa shape index (κ1) is 15.7. The smallest absolute Gasteiger partial charge is 0.118 e. The van der Waals surface area contributed by atoms with E-state index in [4.69, 9.17) is 4.42 Å². The summed E-state index contributed by atoms with van der Waals surface area (Å²) in [6, 6.07) is 6.75. The number of pyridine rings is 1. The summed E-state index contributed by atoms with van der Waals surface area (Å²) >= 11 is 0. The Balaban J connectivity index is 1.89. The summed E-state index contributed by atoms with van der Waals surface area (Å²) in [6.07, 6.45) is 5.53. The maximum absolute atomic E-state index is 5.67. The Hall–Kier alpha value is -1.65. The van der Waals surface area contributed by atoms with E-state index in [1.807, 2.05) is 18.7 Å². The third kappa shape index (κ3) is 5.33. The Morgan fingerprint density at radius 3 is 2.62 bits per heavy atom. The highest BCUT2D eigenvalue weighted by Gasteiger charge is 2.09. The number of hydrogen-bond donors (Lipinski definition) is 1. The Morgan fingerprint density at radius 2 is 1.95 bits per heavy atom. The van der Waals surface area contributed by atoms with E-state index in [-0.39, 0.29) is 0 Å². The van der Waals surface area contributed by atoms with Gasteiger partial charge in [0, 0.05) is 37.1 Å². The lowest BCUT2D eigenvalue weighted by Gasteiger charge is -2.18. The monoisotopic (exact) mass is 287 g/mol. The lowest BCUT2D eigenvalue weighted by molar-refractivity contribution is 0.247. The standard InChI is InChI=1S/C17H25N3O/c1-4-20(11-15-5-7-18-8-6-15)12-17-9-16(13-21-17)10-19-14(2)3/h5-9,13-14,19H,4,10-12H2,1-3H3. The van der Waals surface area contributed by atoms with Crippen LogP contribution >= 0.6 is 0 Å². The number of rotatable bonds is 8. The molecule has 114 valence electrons. The molecule has 0 fully saturated rings. The molecule has 2 aromatic heterocycles. The molecule has 0 aliphatic carbocycles. The van der Waals surface area contributed by atoms with Crippen LogP contribution in [0.25, 0.3) is 0 Å². The zero-order chi connectivity index (χ0) is 15.1. The van der Waals surface area contributed by atoms with Crippen molar-refractivity contribution in [1.82, 2.24) is 15.2 Å². The third-order valence-corrected chi connectivity index (χ3v) is 3.40. The van der Waals surface area contributed by atoms with Crippen LogP contribution in [-0.2, 0) is 19.6 Å². The van der Waals surface area contributed by atoms with Gasteiger partial charge in [-0.2, -0.15) is 0 Å². The highest BCUT2D eigenvalue weighted by atomic mass is 16.3. The van der Waals surface area contributed by atoms with Crippen LogP contribution in [0.1, 0.15) is 37.7 Å². The fourth-order valence-corrected chi connectivity index (χ4v) is 2.17. The van der Waals surface area contributed by atoms with Crippen molar-refractivity contribution in [2.75, 3.05) is 6.54 Å². The fraction of sp³-hybridized carbons (Fsp3) is 0.471. The maximum atomic E-state index is 5.67. The average Bonchev–Trinajstić information content (AvgIpc) is 2.93. The summed E-state index contributed by atoms with van der Waals surface area (Å²) in [4.78, 5) is 6.41. The van der Waals surface area contributed by atoms with Gasteiger partial charge in [0.25, 0.3) is 0 Å². The summed E-state index contributed by atoms with van der Waals surface area (Å²) in [5, 5.41) is 3.40. The van der Waals surface area contributed by atoms with E-state index in [1.54, 1.807) is 0 Å². The molecule has 0 atom stereocenters. The highest BCUT2D eigenvalue weighted by molar-refractivity contribution is 5.14. The molecular weight excluding hydrogens is 262 g/mol. The van der Waals surface area contributed by atoms with Crippen LogP contribution in [0.5, 0.6) is 0 Å². The Morgan fingerprint density at radius 1 is 1.19 bits per heavy atom. The van der Waals surface area contributed by atoms with Crippen molar-refractivity contribution in [1.29, 1.82) is 0 Å². The Bertz CT molecular complexity index is 522. The maximum Gasteiger partial charge on any atom is 0.118 e. The molecule has 0 unspecified atom stereocenters. The summed E-state index contributed by atoms with van der Waals surface area (Å²) < 4.78 is 5.67. The number of furan rings is 1. The van der Waals surface area contributed by atoms with Crippen LogP contribution < -0.4 is 5.32 Å². The zero-order valence-electron chi connectivity index (χ0n) is 13.2. The molecule has 1 N–H and O–H groups in total. The van der Waals surface area contributed by atoms with Gasteiger partial charge < -0.3 is 9.73 Å². The second kappa shape index (κ2) is 7.96. The van der Waals surface area contributed by atoms with Crippen LogP contribution in [0.4, 0.5) is 0 Å². The van der Waals surface area contributed by atoms with Crippen molar-refractivity contribution in [3.63, 3.8) is 0 Å². The topological polar surface area (TPSA) is 41.3 Å². The highest BCUT2D eigenvalue weighted by Crippen LogP contribution is 2.13. The summed E-state index contributed by atoms with van der Waals surface area (Å²) in [5.74, 6) is 1.02. The van der Waals surface area contributed by atoms with Gasteiger partial charge in [-0.15, -0.1) is 0 Å². The number of nitrogens with one attached hydrogen (secondary N) is 1. The van der Waals surface area contributed by atoms with E-state index in [9.17, 15) is 0 Å². The van der Waals surface area contributed by atoms with Gasteiger partial charge in [-0.05, 0) is 30.3 Å². The van der Waals surface area contributed by atoms with Crippen molar-refractivity contribution >= 4 is 0 Å². The van der Waals surface area contributed by atoms with Crippen LogP contribution in [0.2, 0.25) is 0 Å². The van der Waals surface area contributed by atoms with Crippen LogP contribution in [-0.4, -0.2) is 22.5 Å². The van der Waals surface area contributed by atoms with Gasteiger partial charge in [0.15, 0.2) is 0 Å². The SMILES string of the molecule is CCN(Cc1ccncc1)Cc1cc(CNC(C)C)co1. The predicted octanol–water partition coefficient (Wildman–Crippen LogP) is 3.19. The second-order valence-electron chi connectivity index (χ2n) is 5.62. The molecule has 0 aliphatic heterocycles. The quantitative estimate of drug-likeness (QED) is 0.809. The molecule has 0 aliphatic rings. The number of nitrogens with zero attached hydrogens (tertiary/aromatic N) is 2. The lowest BCUT2D eigenvalue weighted by Crippen LogP contribution is -2.22. The van der Waals surface area contributed by atoms with E-state index >= 15 is 0 Å². The molecule has 4 nitrogen and oxygen atoms in total. The minimum absolute atomic E-state index is 0.488. The first-order valence-electron chi connectivity index (χ1n) is 7.58. The first-order chi connectivity index (χ1) is 10.2. The van der Waals surface area contributed by atoms with Crippen molar-refractivity contribution in [2.45, 2.75) is 46.4 Å². The molecule has 2 rings (SSSR count). The lowest BCUT2D eigenvalue weighted by atomic mass is 10.2. The van der Waals surface area contributed by atoms with Crippen LogP contribution in [0.15, 0.2) is 41.3 Å². The largest absolute Gasteiger partial charge is 0.468 e. The summed E-state index contributed by atoms with van der Waals surface area (Å²) in [6.45, 7) is 10.1. The molecule has 0 aromatic carbocycles. The molecule has 0 saturated carbocycles. The van der Waals surface area contributed by atoms with Gasteiger partial charge in [0.1, 0.15) is 5.76 Å². The Labute approximate surface area is 127 Å². The normalized spacial score (nSPS) is 11.5. The van der Waals surface area contributed by atoms with Gasteiger partial charge in [-0.25, -0.2) is 0 Å². The summed E-state index contributed by atoms with van der Waals surface area (Å²) in [5.41, 5.74) is 2.48. The molecule has 0 saturated heterocycles. The van der Waals surface area contributed by atoms with Crippen molar-refractivity contribution in [2.24, 2.45) is 0 Å².